The predicted octanol–water partition coefficient (Wildman–Crippen LogP) is 5.03. The van der Waals surface area contributed by atoms with Crippen molar-refractivity contribution < 1.29 is 9.53 Å². The Kier molecular flexibility index (Phi) is 6.36. The summed E-state index contributed by atoms with van der Waals surface area (Å²) in [6, 6.07) is 21.9. The van der Waals surface area contributed by atoms with Gasteiger partial charge < -0.3 is 14.5 Å². The van der Waals surface area contributed by atoms with E-state index in [1.165, 1.54) is 16.8 Å². The van der Waals surface area contributed by atoms with Gasteiger partial charge in [-0.1, -0.05) is 24.3 Å². The van der Waals surface area contributed by atoms with Crippen molar-refractivity contribution in [3.63, 3.8) is 0 Å². The minimum Gasteiger partial charge on any atom is -0.481 e. The fourth-order valence-electron chi connectivity index (χ4n) is 4.56. The van der Waals surface area contributed by atoms with Crippen molar-refractivity contribution in [1.82, 2.24) is 14.9 Å². The number of para-hydroxylation sites is 2. The first-order chi connectivity index (χ1) is 17.0. The van der Waals surface area contributed by atoms with E-state index in [0.717, 1.165) is 35.4 Å². The molecule has 178 valence electrons. The minimum atomic E-state index is -0.548. The van der Waals surface area contributed by atoms with Gasteiger partial charge in [0, 0.05) is 37.4 Å². The van der Waals surface area contributed by atoms with Gasteiger partial charge in [0.2, 0.25) is 0 Å². The molecular formula is C29H30N4O2. The van der Waals surface area contributed by atoms with Crippen molar-refractivity contribution >= 4 is 22.6 Å². The summed E-state index contributed by atoms with van der Waals surface area (Å²) in [6.45, 7) is 9.16. The third kappa shape index (κ3) is 4.83. The number of carbonyl (C=O) groups is 1. The highest BCUT2D eigenvalue weighted by atomic mass is 16.5. The fraction of sp³-hybridized carbons (Fsp3) is 0.276. The summed E-state index contributed by atoms with van der Waals surface area (Å²) in [6.07, 6.45) is 1.23. The molecule has 5 rings (SSSR count). The van der Waals surface area contributed by atoms with Gasteiger partial charge in [0.05, 0.1) is 22.9 Å². The van der Waals surface area contributed by atoms with E-state index in [1.54, 1.807) is 6.20 Å². The van der Waals surface area contributed by atoms with E-state index in [0.29, 0.717) is 18.8 Å². The van der Waals surface area contributed by atoms with Gasteiger partial charge in [-0.3, -0.25) is 9.78 Å². The molecule has 1 aliphatic rings. The van der Waals surface area contributed by atoms with Crippen molar-refractivity contribution in [1.29, 1.82) is 0 Å². The number of hydrogen-bond acceptors (Lipinski definition) is 5. The van der Waals surface area contributed by atoms with E-state index < -0.39 is 6.10 Å². The van der Waals surface area contributed by atoms with Crippen molar-refractivity contribution in [2.45, 2.75) is 26.9 Å². The van der Waals surface area contributed by atoms with Crippen molar-refractivity contribution in [2.24, 2.45) is 0 Å². The molecule has 0 bridgehead atoms. The number of anilines is 1. The third-order valence-corrected chi connectivity index (χ3v) is 6.77. The van der Waals surface area contributed by atoms with Crippen LogP contribution in [0.15, 0.2) is 72.9 Å². The highest BCUT2D eigenvalue weighted by Crippen LogP contribution is 2.25. The molecule has 1 amide bonds. The first-order valence-electron chi connectivity index (χ1n) is 12.1. The number of benzene rings is 3. The maximum atomic E-state index is 13.0. The Bertz CT molecular complexity index is 1340. The molecule has 1 atom stereocenters. The predicted molar refractivity (Wildman–Crippen MR) is 140 cm³/mol. The summed E-state index contributed by atoms with van der Waals surface area (Å²) in [5.41, 5.74) is 7.36. The number of aryl methyl sites for hydroxylation is 1. The van der Waals surface area contributed by atoms with E-state index in [4.69, 9.17) is 9.72 Å². The SMILES string of the molecule is Cc1cccc(N2CCN(C(=O)[C@@H](C)Oc3ccc(-c4cnc5ccccc5n4)cc3)CC2)c1C. The lowest BCUT2D eigenvalue weighted by Gasteiger charge is -2.38. The molecule has 3 aromatic carbocycles. The van der Waals surface area contributed by atoms with E-state index >= 15 is 0 Å². The molecule has 6 heteroatoms. The summed E-state index contributed by atoms with van der Waals surface area (Å²) in [7, 11) is 0. The standard InChI is InChI=1S/C29H30N4O2/c1-20-7-6-10-28(21(20)2)32-15-17-33(18-16-32)29(34)22(3)35-24-13-11-23(12-14-24)27-19-30-25-8-4-5-9-26(25)31-27/h4-14,19,22H,15-18H2,1-3H3/t22-/m1/s1. The average Bonchev–Trinajstić information content (AvgIpc) is 2.90. The molecule has 4 aromatic rings. The number of amides is 1. The number of fused-ring (bicyclic) bond motifs is 1. The molecule has 1 saturated heterocycles. The van der Waals surface area contributed by atoms with Crippen LogP contribution in [0.5, 0.6) is 5.75 Å². The molecule has 0 N–H and O–H groups in total. The number of piperazine rings is 1. The third-order valence-electron chi connectivity index (χ3n) is 6.77. The Hall–Kier alpha value is -3.93. The summed E-state index contributed by atoms with van der Waals surface area (Å²) in [5, 5.41) is 0. The molecule has 2 heterocycles. The van der Waals surface area contributed by atoms with E-state index in [9.17, 15) is 4.79 Å². The second-order valence-corrected chi connectivity index (χ2v) is 9.06. The number of nitrogens with zero attached hydrogens (tertiary/aromatic N) is 4. The zero-order valence-electron chi connectivity index (χ0n) is 20.4. The van der Waals surface area contributed by atoms with Gasteiger partial charge in [-0.25, -0.2) is 4.98 Å². The van der Waals surface area contributed by atoms with Crippen molar-refractivity contribution in [3.05, 3.63) is 84.1 Å². The largest absolute Gasteiger partial charge is 0.481 e. The summed E-state index contributed by atoms with van der Waals surface area (Å²) < 4.78 is 6.00. The molecule has 1 aliphatic heterocycles. The van der Waals surface area contributed by atoms with Gasteiger partial charge in [0.25, 0.3) is 5.91 Å². The molecule has 0 saturated carbocycles. The summed E-state index contributed by atoms with van der Waals surface area (Å²) in [5.74, 6) is 0.687. The lowest BCUT2D eigenvalue weighted by molar-refractivity contribution is -0.138. The Labute approximate surface area is 206 Å². The van der Waals surface area contributed by atoms with Crippen LogP contribution in [-0.2, 0) is 4.79 Å². The van der Waals surface area contributed by atoms with Gasteiger partial charge in [-0.15, -0.1) is 0 Å². The molecule has 1 fully saturated rings. The molecule has 1 aromatic heterocycles. The van der Waals surface area contributed by atoms with Crippen LogP contribution < -0.4 is 9.64 Å². The Morgan fingerprint density at radius 2 is 1.60 bits per heavy atom. The van der Waals surface area contributed by atoms with Crippen LogP contribution in [0.2, 0.25) is 0 Å². The van der Waals surface area contributed by atoms with E-state index in [1.807, 2.05) is 60.4 Å². The topological polar surface area (TPSA) is 58.6 Å². The lowest BCUT2D eigenvalue weighted by atomic mass is 10.1. The summed E-state index contributed by atoms with van der Waals surface area (Å²) >= 11 is 0. The first kappa shape index (κ1) is 22.8. The molecular weight excluding hydrogens is 436 g/mol. The highest BCUT2D eigenvalue weighted by Gasteiger charge is 2.26. The van der Waals surface area contributed by atoms with Gasteiger partial charge in [0.15, 0.2) is 6.10 Å². The van der Waals surface area contributed by atoms with Crippen molar-refractivity contribution in [2.75, 3.05) is 31.1 Å². The maximum Gasteiger partial charge on any atom is 0.263 e. The van der Waals surface area contributed by atoms with Crippen LogP contribution in [0.4, 0.5) is 5.69 Å². The maximum absolute atomic E-state index is 13.0. The Balaban J connectivity index is 1.19. The van der Waals surface area contributed by atoms with Crippen LogP contribution in [0.1, 0.15) is 18.1 Å². The van der Waals surface area contributed by atoms with E-state index in [2.05, 4.69) is 41.9 Å². The van der Waals surface area contributed by atoms with Gasteiger partial charge in [-0.05, 0) is 74.4 Å². The molecule has 0 spiro atoms. The highest BCUT2D eigenvalue weighted by molar-refractivity contribution is 5.81. The molecule has 6 nitrogen and oxygen atoms in total. The second-order valence-electron chi connectivity index (χ2n) is 9.06. The lowest BCUT2D eigenvalue weighted by Crippen LogP contribution is -2.52. The van der Waals surface area contributed by atoms with Crippen LogP contribution in [0, 0.1) is 13.8 Å². The van der Waals surface area contributed by atoms with Gasteiger partial charge >= 0.3 is 0 Å². The quantitative estimate of drug-likeness (QED) is 0.413. The molecule has 0 unspecified atom stereocenters. The normalized spacial score (nSPS) is 14.7. The molecule has 0 aliphatic carbocycles. The zero-order valence-corrected chi connectivity index (χ0v) is 20.4. The number of carbonyl (C=O) groups excluding carboxylic acids is 1. The second kappa shape index (κ2) is 9.74. The van der Waals surface area contributed by atoms with Crippen LogP contribution in [0.25, 0.3) is 22.3 Å². The van der Waals surface area contributed by atoms with Crippen LogP contribution in [0.3, 0.4) is 0 Å². The summed E-state index contributed by atoms with van der Waals surface area (Å²) in [4.78, 5) is 26.5. The zero-order chi connectivity index (χ0) is 24.4. The number of hydrogen-bond donors (Lipinski definition) is 0. The van der Waals surface area contributed by atoms with Crippen molar-refractivity contribution in [3.8, 4) is 17.0 Å². The number of aromatic nitrogens is 2. The number of ether oxygens (including phenoxy) is 1. The fourth-order valence-corrected chi connectivity index (χ4v) is 4.56. The monoisotopic (exact) mass is 466 g/mol. The van der Waals surface area contributed by atoms with Gasteiger partial charge in [0.1, 0.15) is 5.75 Å². The smallest absolute Gasteiger partial charge is 0.263 e. The van der Waals surface area contributed by atoms with Crippen LogP contribution >= 0.6 is 0 Å². The van der Waals surface area contributed by atoms with E-state index in [-0.39, 0.29) is 5.91 Å². The average molecular weight is 467 g/mol. The number of rotatable bonds is 5. The van der Waals surface area contributed by atoms with Gasteiger partial charge in [-0.2, -0.15) is 0 Å². The first-order valence-corrected chi connectivity index (χ1v) is 12.1. The molecule has 0 radical (unpaired) electrons. The van der Waals surface area contributed by atoms with Crippen LogP contribution in [-0.4, -0.2) is 53.1 Å². The minimum absolute atomic E-state index is 0.0232. The molecule has 35 heavy (non-hydrogen) atoms. The Morgan fingerprint density at radius 1 is 0.886 bits per heavy atom. The Morgan fingerprint density at radius 3 is 2.34 bits per heavy atom.